The van der Waals surface area contributed by atoms with Crippen molar-refractivity contribution >= 4 is 5.97 Å². The number of methoxy groups -OCH3 is 1. The molecule has 1 aromatic rings. The number of hydrogen-bond donors (Lipinski definition) is 1. The highest BCUT2D eigenvalue weighted by Gasteiger charge is 2.19. The summed E-state index contributed by atoms with van der Waals surface area (Å²) in [5, 5.41) is 8.60. The van der Waals surface area contributed by atoms with Crippen molar-refractivity contribution in [3.63, 3.8) is 0 Å². The van der Waals surface area contributed by atoms with Crippen molar-refractivity contribution in [2.75, 3.05) is 7.11 Å². The second-order valence-corrected chi connectivity index (χ2v) is 3.19. The third-order valence-electron chi connectivity index (χ3n) is 2.15. The van der Waals surface area contributed by atoms with E-state index in [0.717, 1.165) is 6.20 Å². The van der Waals surface area contributed by atoms with E-state index in [4.69, 9.17) is 9.84 Å². The van der Waals surface area contributed by atoms with Gasteiger partial charge in [0.1, 0.15) is 5.75 Å². The van der Waals surface area contributed by atoms with Gasteiger partial charge in [-0.2, -0.15) is 0 Å². The van der Waals surface area contributed by atoms with Crippen molar-refractivity contribution in [1.82, 2.24) is 4.98 Å². The molecule has 0 aliphatic heterocycles. The van der Waals surface area contributed by atoms with Gasteiger partial charge in [-0.05, 0) is 6.92 Å². The molecule has 0 aromatic carbocycles. The van der Waals surface area contributed by atoms with Gasteiger partial charge in [-0.3, -0.25) is 9.78 Å². The van der Waals surface area contributed by atoms with Gasteiger partial charge in [0, 0.05) is 11.8 Å². The largest absolute Gasteiger partial charge is 0.496 e. The average Bonchev–Trinajstić information content (AvgIpc) is 2.19. The predicted octanol–water partition coefficient (Wildman–Crippen LogP) is 1.96. The van der Waals surface area contributed by atoms with Crippen LogP contribution in [0.3, 0.4) is 0 Å². The summed E-state index contributed by atoms with van der Waals surface area (Å²) in [6, 6.07) is 0. The summed E-state index contributed by atoms with van der Waals surface area (Å²) in [4.78, 5) is 14.2. The molecule has 1 N–H and O–H groups in total. The SMILES string of the molecule is COc1c(C(F)F)cnc(CC(=O)O)c1C. The number of carboxylic acid groups (broad SMARTS) is 1. The van der Waals surface area contributed by atoms with Crippen molar-refractivity contribution < 1.29 is 23.4 Å². The van der Waals surface area contributed by atoms with Crippen LogP contribution in [0.4, 0.5) is 8.78 Å². The maximum atomic E-state index is 12.6. The van der Waals surface area contributed by atoms with Crippen LogP contribution in [0.5, 0.6) is 5.75 Å². The van der Waals surface area contributed by atoms with Crippen LogP contribution in [0.25, 0.3) is 0 Å². The van der Waals surface area contributed by atoms with E-state index in [9.17, 15) is 13.6 Å². The number of alkyl halides is 2. The van der Waals surface area contributed by atoms with E-state index in [1.54, 1.807) is 0 Å². The fourth-order valence-corrected chi connectivity index (χ4v) is 1.40. The molecule has 0 radical (unpaired) electrons. The maximum absolute atomic E-state index is 12.6. The smallest absolute Gasteiger partial charge is 0.309 e. The topological polar surface area (TPSA) is 59.4 Å². The van der Waals surface area contributed by atoms with E-state index in [1.807, 2.05) is 0 Å². The Balaban J connectivity index is 3.23. The molecule has 0 aliphatic rings. The van der Waals surface area contributed by atoms with Crippen LogP contribution in [-0.4, -0.2) is 23.2 Å². The summed E-state index contributed by atoms with van der Waals surface area (Å²) < 4.78 is 30.0. The minimum absolute atomic E-state index is 0.00116. The fourth-order valence-electron chi connectivity index (χ4n) is 1.40. The first-order valence-electron chi connectivity index (χ1n) is 4.49. The molecule has 0 fully saturated rings. The van der Waals surface area contributed by atoms with Gasteiger partial charge in [0.25, 0.3) is 6.43 Å². The van der Waals surface area contributed by atoms with E-state index >= 15 is 0 Å². The van der Waals surface area contributed by atoms with E-state index in [-0.39, 0.29) is 23.4 Å². The van der Waals surface area contributed by atoms with E-state index in [2.05, 4.69) is 4.98 Å². The van der Waals surface area contributed by atoms with Gasteiger partial charge in [-0.1, -0.05) is 0 Å². The zero-order valence-electron chi connectivity index (χ0n) is 8.83. The van der Waals surface area contributed by atoms with E-state index in [1.165, 1.54) is 14.0 Å². The molecule has 0 amide bonds. The lowest BCUT2D eigenvalue weighted by atomic mass is 10.1. The highest BCUT2D eigenvalue weighted by atomic mass is 19.3. The lowest BCUT2D eigenvalue weighted by Crippen LogP contribution is -2.07. The van der Waals surface area contributed by atoms with Gasteiger partial charge in [0.2, 0.25) is 0 Å². The minimum Gasteiger partial charge on any atom is -0.496 e. The maximum Gasteiger partial charge on any atom is 0.309 e. The summed E-state index contributed by atoms with van der Waals surface area (Å²) >= 11 is 0. The van der Waals surface area contributed by atoms with Gasteiger partial charge in [0.05, 0.1) is 24.8 Å². The molecule has 0 saturated carbocycles. The normalized spacial score (nSPS) is 10.6. The van der Waals surface area contributed by atoms with Crippen LogP contribution in [0, 0.1) is 6.92 Å². The Hall–Kier alpha value is -1.72. The van der Waals surface area contributed by atoms with Crippen LogP contribution in [0.2, 0.25) is 0 Å². The molecule has 0 unspecified atom stereocenters. The molecule has 1 rings (SSSR count). The van der Waals surface area contributed by atoms with Gasteiger partial charge in [0.15, 0.2) is 0 Å². The predicted molar refractivity (Wildman–Crippen MR) is 51.8 cm³/mol. The van der Waals surface area contributed by atoms with Crippen LogP contribution in [-0.2, 0) is 11.2 Å². The molecule has 6 heteroatoms. The lowest BCUT2D eigenvalue weighted by molar-refractivity contribution is -0.136. The highest BCUT2D eigenvalue weighted by molar-refractivity contribution is 5.70. The van der Waals surface area contributed by atoms with Gasteiger partial charge in [-0.15, -0.1) is 0 Å². The molecule has 16 heavy (non-hydrogen) atoms. The van der Waals surface area contributed by atoms with Crippen molar-refractivity contribution in [1.29, 1.82) is 0 Å². The fraction of sp³-hybridized carbons (Fsp3) is 0.400. The molecule has 88 valence electrons. The summed E-state index contributed by atoms with van der Waals surface area (Å²) in [6.45, 7) is 1.51. The second kappa shape index (κ2) is 4.87. The van der Waals surface area contributed by atoms with Crippen molar-refractivity contribution in [3.05, 3.63) is 23.0 Å². The molecule has 1 aromatic heterocycles. The number of carboxylic acids is 1. The van der Waals surface area contributed by atoms with Crippen molar-refractivity contribution in [2.45, 2.75) is 19.8 Å². The Labute approximate surface area is 90.9 Å². The van der Waals surface area contributed by atoms with Gasteiger partial charge >= 0.3 is 5.97 Å². The summed E-state index contributed by atoms with van der Waals surface area (Å²) in [7, 11) is 1.26. The second-order valence-electron chi connectivity index (χ2n) is 3.19. The first-order chi connectivity index (χ1) is 7.47. The number of aromatic nitrogens is 1. The molecular weight excluding hydrogens is 220 g/mol. The standard InChI is InChI=1S/C10H11F2NO3/c1-5-7(3-8(14)15)13-4-6(10(11)12)9(5)16-2/h4,10H,3H2,1-2H3,(H,14,15). The molecule has 4 nitrogen and oxygen atoms in total. The number of halogens is 2. The molecule has 1 heterocycles. The highest BCUT2D eigenvalue weighted by Crippen LogP contribution is 2.32. The molecular formula is C10H11F2NO3. The summed E-state index contributed by atoms with van der Waals surface area (Å²) in [6.07, 6.45) is -2.06. The number of carbonyl (C=O) groups is 1. The molecule has 0 bridgehead atoms. The van der Waals surface area contributed by atoms with Crippen LogP contribution >= 0.6 is 0 Å². The van der Waals surface area contributed by atoms with Crippen molar-refractivity contribution in [3.8, 4) is 5.75 Å². The first kappa shape index (κ1) is 12.4. The lowest BCUT2D eigenvalue weighted by Gasteiger charge is -2.12. The van der Waals surface area contributed by atoms with E-state index in [0.29, 0.717) is 5.56 Å². The Morgan fingerprint density at radius 2 is 2.25 bits per heavy atom. The number of rotatable bonds is 4. The van der Waals surface area contributed by atoms with Crippen LogP contribution < -0.4 is 4.74 Å². The Morgan fingerprint density at radius 3 is 2.69 bits per heavy atom. The first-order valence-corrected chi connectivity index (χ1v) is 4.49. The van der Waals surface area contributed by atoms with Crippen LogP contribution in [0.1, 0.15) is 23.2 Å². The number of pyridine rings is 1. The van der Waals surface area contributed by atoms with Crippen molar-refractivity contribution in [2.24, 2.45) is 0 Å². The third kappa shape index (κ3) is 2.44. The molecule has 0 atom stereocenters. The monoisotopic (exact) mass is 231 g/mol. The Bertz CT molecular complexity index is 407. The Kier molecular flexibility index (Phi) is 3.76. The number of aliphatic carboxylic acids is 1. The summed E-state index contributed by atoms with van der Waals surface area (Å²) in [5.41, 5.74) is 0.241. The zero-order chi connectivity index (χ0) is 12.3. The number of nitrogens with zero attached hydrogens (tertiary/aromatic N) is 1. The number of hydrogen-bond acceptors (Lipinski definition) is 3. The number of ether oxygens (including phenoxy) is 1. The van der Waals surface area contributed by atoms with Gasteiger partial charge in [-0.25, -0.2) is 8.78 Å². The van der Waals surface area contributed by atoms with E-state index < -0.39 is 12.4 Å². The minimum atomic E-state index is -2.69. The third-order valence-corrected chi connectivity index (χ3v) is 2.15. The molecule has 0 saturated heterocycles. The average molecular weight is 231 g/mol. The van der Waals surface area contributed by atoms with Gasteiger partial charge < -0.3 is 9.84 Å². The zero-order valence-corrected chi connectivity index (χ0v) is 8.83. The Morgan fingerprint density at radius 1 is 1.62 bits per heavy atom. The quantitative estimate of drug-likeness (QED) is 0.860. The van der Waals surface area contributed by atoms with Crippen LogP contribution in [0.15, 0.2) is 6.20 Å². The molecule has 0 spiro atoms. The summed E-state index contributed by atoms with van der Waals surface area (Å²) in [5.74, 6) is -1.07. The molecule has 0 aliphatic carbocycles.